The third kappa shape index (κ3) is 6.64. The lowest BCUT2D eigenvalue weighted by Crippen LogP contribution is -2.62. The number of aryl methyl sites for hydroxylation is 1. The van der Waals surface area contributed by atoms with Gasteiger partial charge in [-0.1, -0.05) is 154 Å². The van der Waals surface area contributed by atoms with Gasteiger partial charge in [0.1, 0.15) is 0 Å². The van der Waals surface area contributed by atoms with Crippen molar-refractivity contribution in [3.05, 3.63) is 104 Å². The van der Waals surface area contributed by atoms with Gasteiger partial charge in [0.05, 0.1) is 13.8 Å². The summed E-state index contributed by atoms with van der Waals surface area (Å²) in [5.74, 6) is 0. The largest absolute Gasteiger partial charge is 0.311 e. The fraction of sp³-hybridized carbons (Fsp3) is 0.533. The van der Waals surface area contributed by atoms with Crippen LogP contribution in [-0.4, -0.2) is 14.8 Å². The van der Waals surface area contributed by atoms with Gasteiger partial charge in [0.15, 0.2) is 0 Å². The van der Waals surface area contributed by atoms with Gasteiger partial charge in [-0.15, -0.1) is 0 Å². The fourth-order valence-electron chi connectivity index (χ4n) is 13.2. The topological polar surface area (TPSA) is 6.48 Å². The lowest BCUT2D eigenvalue weighted by Gasteiger charge is -2.50. The molecule has 5 heteroatoms. The van der Waals surface area contributed by atoms with Gasteiger partial charge in [-0.3, -0.25) is 0 Å². The Balaban J connectivity index is 1.38. The van der Waals surface area contributed by atoms with E-state index in [0.29, 0.717) is 0 Å². The van der Waals surface area contributed by atoms with Crippen LogP contribution in [0.25, 0.3) is 0 Å². The monoisotopic (exact) mass is 899 g/mol. The Hall–Kier alpha value is -3.54. The summed E-state index contributed by atoms with van der Waals surface area (Å²) in [6.45, 7) is 47.6. The number of fused-ring (bicyclic) bond motifs is 9. The Labute approximate surface area is 400 Å². The number of benzene rings is 4. The molecule has 3 aliphatic carbocycles. The van der Waals surface area contributed by atoms with Gasteiger partial charge >= 0.3 is 0 Å². The first-order valence-corrected chi connectivity index (χ1v) is 29.6. The van der Waals surface area contributed by atoms with Crippen LogP contribution in [0, 0.1) is 6.92 Å². The van der Waals surface area contributed by atoms with Crippen LogP contribution in [-0.2, 0) is 37.9 Å². The highest BCUT2D eigenvalue weighted by atomic mass is 32.1. The van der Waals surface area contributed by atoms with E-state index in [1.54, 1.807) is 26.0 Å². The maximum Gasteiger partial charge on any atom is 0.264 e. The lowest BCUT2D eigenvalue weighted by atomic mass is 9.35. The standard InChI is InChI=1S/C60H79BN2SSi/c1-36-32-44-49-45(33-36)63(43-25-20-37(54(2,3)4)34-46(43)65(17,18)19)51-48-52(60(15,16)31-30-59(48,13)14)64-53(51)61(49)42-24-23-40-47(58(11,12)29-28-56(40,7)8)50(42)62(44)38-21-22-39-41(35-38)57(9,10)27-26-55(39,5)6/h20-25,32-35H,26-31H2,1-19H3. The summed E-state index contributed by atoms with van der Waals surface area (Å²) in [5.41, 5.74) is 22.5. The maximum atomic E-state index is 2.85. The molecule has 342 valence electrons. The second-order valence-electron chi connectivity index (χ2n) is 27.5. The Bertz CT molecular complexity index is 2830. The van der Waals surface area contributed by atoms with Gasteiger partial charge in [-0.2, -0.15) is 11.3 Å². The molecule has 0 saturated carbocycles. The third-order valence-electron chi connectivity index (χ3n) is 17.6. The van der Waals surface area contributed by atoms with E-state index in [0.717, 1.165) is 0 Å². The molecule has 0 saturated heterocycles. The number of nitrogens with zero attached hydrogens (tertiary/aromatic N) is 2. The average molecular weight is 899 g/mol. The van der Waals surface area contributed by atoms with Crippen molar-refractivity contribution in [2.24, 2.45) is 0 Å². The molecule has 0 fully saturated rings. The van der Waals surface area contributed by atoms with Crippen molar-refractivity contribution < 1.29 is 0 Å². The maximum absolute atomic E-state index is 2.85. The summed E-state index contributed by atoms with van der Waals surface area (Å²) in [4.78, 5) is 7.27. The van der Waals surface area contributed by atoms with Crippen LogP contribution < -0.4 is 30.7 Å². The SMILES string of the molecule is Cc1cc2c3c(c1)N(c1ccc(C(C)(C)C)cc1[Si](C)(C)C)c1c(sc4c1C(C)(C)CCC4(C)C)B3c1ccc3c(c1N2c1ccc2c(c1)C(C)(C)CCC2(C)C)C(C)(C)CCC3(C)C. The van der Waals surface area contributed by atoms with Crippen molar-refractivity contribution >= 4 is 81.1 Å². The minimum Gasteiger partial charge on any atom is -0.311 e. The van der Waals surface area contributed by atoms with Crippen LogP contribution in [0.15, 0.2) is 60.7 Å². The average Bonchev–Trinajstić information content (AvgIpc) is 3.62. The summed E-state index contributed by atoms with van der Waals surface area (Å²) in [6, 6.07) is 25.7. The summed E-state index contributed by atoms with van der Waals surface area (Å²) >= 11 is 2.18. The number of anilines is 6. The van der Waals surface area contributed by atoms with Crippen LogP contribution >= 0.6 is 11.3 Å². The van der Waals surface area contributed by atoms with Crippen molar-refractivity contribution in [2.45, 2.75) is 207 Å². The first kappa shape index (κ1) is 45.3. The molecule has 5 aromatic rings. The predicted molar refractivity (Wildman–Crippen MR) is 291 cm³/mol. The van der Waals surface area contributed by atoms with Gasteiger partial charge in [-0.25, -0.2) is 0 Å². The predicted octanol–water partition coefficient (Wildman–Crippen LogP) is 15.0. The molecule has 0 unspecified atom stereocenters. The van der Waals surface area contributed by atoms with E-state index in [2.05, 4.69) is 212 Å². The van der Waals surface area contributed by atoms with Crippen LogP contribution in [0.4, 0.5) is 34.1 Å². The Morgan fingerprint density at radius 2 is 1.08 bits per heavy atom. The highest BCUT2D eigenvalue weighted by Crippen LogP contribution is 2.59. The molecular formula is C60H79BN2SSi. The van der Waals surface area contributed by atoms with Gasteiger partial charge in [0.2, 0.25) is 0 Å². The first-order chi connectivity index (χ1) is 29.9. The van der Waals surface area contributed by atoms with Crippen LogP contribution in [0.5, 0.6) is 0 Å². The van der Waals surface area contributed by atoms with Crippen molar-refractivity contribution in [3.63, 3.8) is 0 Å². The van der Waals surface area contributed by atoms with E-state index < -0.39 is 8.07 Å². The van der Waals surface area contributed by atoms with E-state index in [4.69, 9.17) is 0 Å². The Morgan fingerprint density at radius 3 is 1.69 bits per heavy atom. The van der Waals surface area contributed by atoms with Crippen LogP contribution in [0.3, 0.4) is 0 Å². The van der Waals surface area contributed by atoms with Crippen molar-refractivity contribution in [1.29, 1.82) is 0 Å². The molecule has 0 atom stereocenters. The zero-order valence-corrected chi connectivity index (χ0v) is 45.7. The normalized spacial score (nSPS) is 21.4. The van der Waals surface area contributed by atoms with Crippen LogP contribution in [0.1, 0.15) is 186 Å². The third-order valence-corrected chi connectivity index (χ3v) is 21.3. The summed E-state index contributed by atoms with van der Waals surface area (Å²) in [6.07, 6.45) is 7.20. The van der Waals surface area contributed by atoms with E-state index in [1.807, 2.05) is 0 Å². The molecule has 2 nitrogen and oxygen atoms in total. The van der Waals surface area contributed by atoms with E-state index >= 15 is 0 Å². The number of hydrogen-bond acceptors (Lipinski definition) is 3. The number of thiophene rings is 1. The van der Waals surface area contributed by atoms with Crippen molar-refractivity contribution in [2.75, 3.05) is 9.80 Å². The molecule has 65 heavy (non-hydrogen) atoms. The molecule has 2 aliphatic heterocycles. The summed E-state index contributed by atoms with van der Waals surface area (Å²) in [7, 11) is -1.89. The highest BCUT2D eigenvalue weighted by molar-refractivity contribution is 7.29. The first-order valence-electron chi connectivity index (χ1n) is 25.3. The molecule has 0 amide bonds. The highest BCUT2D eigenvalue weighted by Gasteiger charge is 2.53. The second kappa shape index (κ2) is 13.8. The number of rotatable bonds is 3. The molecule has 3 heterocycles. The number of hydrogen-bond donors (Lipinski definition) is 0. The lowest BCUT2D eigenvalue weighted by molar-refractivity contribution is 0.331. The van der Waals surface area contributed by atoms with Crippen LogP contribution in [0.2, 0.25) is 19.6 Å². The quantitative estimate of drug-likeness (QED) is 0.163. The van der Waals surface area contributed by atoms with Gasteiger partial charge in [0.25, 0.3) is 6.71 Å². The minimum absolute atomic E-state index is 0.0112. The fourth-order valence-corrected chi connectivity index (χ4v) is 16.4. The molecule has 0 radical (unpaired) electrons. The van der Waals surface area contributed by atoms with Gasteiger partial charge in [0, 0.05) is 38.1 Å². The van der Waals surface area contributed by atoms with E-state index in [1.165, 1.54) is 111 Å². The van der Waals surface area contributed by atoms with Gasteiger partial charge in [-0.05, 0) is 169 Å². The van der Waals surface area contributed by atoms with Crippen molar-refractivity contribution in [1.82, 2.24) is 0 Å². The Morgan fingerprint density at radius 1 is 0.538 bits per heavy atom. The van der Waals surface area contributed by atoms with Crippen molar-refractivity contribution in [3.8, 4) is 0 Å². The summed E-state index contributed by atoms with van der Waals surface area (Å²) in [5, 5.41) is 1.56. The molecule has 5 aliphatic rings. The summed E-state index contributed by atoms with van der Waals surface area (Å²) < 4.78 is 1.55. The molecule has 4 aromatic carbocycles. The molecule has 1 aromatic heterocycles. The van der Waals surface area contributed by atoms with Gasteiger partial charge < -0.3 is 9.80 Å². The van der Waals surface area contributed by atoms with E-state index in [9.17, 15) is 0 Å². The van der Waals surface area contributed by atoms with E-state index in [-0.39, 0.29) is 44.6 Å². The molecule has 10 rings (SSSR count). The smallest absolute Gasteiger partial charge is 0.264 e. The molecular weight excluding hydrogens is 820 g/mol. The molecule has 0 N–H and O–H groups in total. The zero-order valence-electron chi connectivity index (χ0n) is 43.9. The zero-order chi connectivity index (χ0) is 47.1. The molecule has 0 spiro atoms. The second-order valence-corrected chi connectivity index (χ2v) is 33.6. The molecule has 0 bridgehead atoms. The Kier molecular flexibility index (Phi) is 9.61. The minimum atomic E-state index is -1.89.